The SMILES string of the molecule is Cc1ccccc1N/N=C/c1ccc(Br)cc1. The minimum Gasteiger partial charge on any atom is -0.278 e. The van der Waals surface area contributed by atoms with Crippen molar-refractivity contribution < 1.29 is 0 Å². The second kappa shape index (κ2) is 5.64. The summed E-state index contributed by atoms with van der Waals surface area (Å²) >= 11 is 3.40. The van der Waals surface area contributed by atoms with Crippen LogP contribution in [0, 0.1) is 6.92 Å². The number of nitrogens with zero attached hydrogens (tertiary/aromatic N) is 1. The number of nitrogens with one attached hydrogen (secondary N) is 1. The van der Waals surface area contributed by atoms with Gasteiger partial charge in [-0.1, -0.05) is 46.3 Å². The Morgan fingerprint density at radius 1 is 1.06 bits per heavy atom. The van der Waals surface area contributed by atoms with E-state index >= 15 is 0 Å². The molecule has 0 aliphatic carbocycles. The molecule has 17 heavy (non-hydrogen) atoms. The Morgan fingerprint density at radius 2 is 1.76 bits per heavy atom. The zero-order valence-electron chi connectivity index (χ0n) is 9.52. The second-order valence-corrected chi connectivity index (χ2v) is 4.65. The fourth-order valence-corrected chi connectivity index (χ4v) is 1.69. The van der Waals surface area contributed by atoms with Crippen LogP contribution < -0.4 is 5.43 Å². The van der Waals surface area contributed by atoms with Gasteiger partial charge in [-0.25, -0.2) is 0 Å². The molecular formula is C14H13BrN2. The fraction of sp³-hybridized carbons (Fsp3) is 0.0714. The standard InChI is InChI=1S/C14H13BrN2/c1-11-4-2-3-5-14(11)17-16-10-12-6-8-13(15)9-7-12/h2-10,17H,1H3/b16-10+. The van der Waals surface area contributed by atoms with E-state index in [9.17, 15) is 0 Å². The van der Waals surface area contributed by atoms with Gasteiger partial charge in [0.05, 0.1) is 11.9 Å². The molecule has 2 rings (SSSR count). The molecule has 1 N–H and O–H groups in total. The van der Waals surface area contributed by atoms with E-state index in [1.807, 2.05) is 42.5 Å². The van der Waals surface area contributed by atoms with Crippen LogP contribution in [-0.2, 0) is 0 Å². The number of aryl methyl sites for hydroxylation is 1. The molecule has 0 amide bonds. The van der Waals surface area contributed by atoms with Gasteiger partial charge >= 0.3 is 0 Å². The Bertz CT molecular complexity index is 518. The summed E-state index contributed by atoms with van der Waals surface area (Å²) in [5.41, 5.74) is 6.31. The number of halogens is 1. The zero-order chi connectivity index (χ0) is 12.1. The second-order valence-electron chi connectivity index (χ2n) is 3.74. The van der Waals surface area contributed by atoms with Gasteiger partial charge in [0.1, 0.15) is 0 Å². The molecule has 0 spiro atoms. The molecule has 2 aromatic carbocycles. The van der Waals surface area contributed by atoms with Crippen molar-refractivity contribution in [3.8, 4) is 0 Å². The Kier molecular flexibility index (Phi) is 3.94. The van der Waals surface area contributed by atoms with Crippen molar-refractivity contribution in [2.45, 2.75) is 6.92 Å². The fourth-order valence-electron chi connectivity index (χ4n) is 1.42. The Balaban J connectivity index is 2.03. The van der Waals surface area contributed by atoms with E-state index in [1.165, 1.54) is 5.56 Å². The predicted octanol–water partition coefficient (Wildman–Crippen LogP) is 4.20. The number of para-hydroxylation sites is 1. The van der Waals surface area contributed by atoms with Gasteiger partial charge in [-0.05, 0) is 36.2 Å². The lowest BCUT2D eigenvalue weighted by Crippen LogP contribution is -1.92. The molecule has 2 aromatic rings. The van der Waals surface area contributed by atoms with Gasteiger partial charge in [0.15, 0.2) is 0 Å². The van der Waals surface area contributed by atoms with Crippen LogP contribution in [0.15, 0.2) is 58.1 Å². The highest BCUT2D eigenvalue weighted by Gasteiger charge is 1.93. The van der Waals surface area contributed by atoms with Crippen LogP contribution in [-0.4, -0.2) is 6.21 Å². The summed E-state index contributed by atoms with van der Waals surface area (Å²) in [6.45, 7) is 2.05. The molecule has 0 bridgehead atoms. The topological polar surface area (TPSA) is 24.4 Å². The zero-order valence-corrected chi connectivity index (χ0v) is 11.1. The average Bonchev–Trinajstić information content (AvgIpc) is 2.34. The Morgan fingerprint density at radius 3 is 2.47 bits per heavy atom. The van der Waals surface area contributed by atoms with Crippen molar-refractivity contribution in [2.75, 3.05) is 5.43 Å². The molecule has 86 valence electrons. The molecule has 0 saturated heterocycles. The molecule has 2 nitrogen and oxygen atoms in total. The number of hydrazone groups is 1. The van der Waals surface area contributed by atoms with Crippen molar-refractivity contribution in [1.82, 2.24) is 0 Å². The summed E-state index contributed by atoms with van der Waals surface area (Å²) in [6, 6.07) is 16.1. The van der Waals surface area contributed by atoms with Gasteiger partial charge in [0, 0.05) is 4.47 Å². The lowest BCUT2D eigenvalue weighted by molar-refractivity contribution is 1.31. The molecule has 0 unspecified atom stereocenters. The number of hydrogen-bond donors (Lipinski definition) is 1. The van der Waals surface area contributed by atoms with E-state index in [0.717, 1.165) is 15.7 Å². The van der Waals surface area contributed by atoms with E-state index in [4.69, 9.17) is 0 Å². The van der Waals surface area contributed by atoms with Crippen molar-refractivity contribution in [2.24, 2.45) is 5.10 Å². The normalized spacial score (nSPS) is 10.7. The minimum absolute atomic E-state index is 1.03. The van der Waals surface area contributed by atoms with Crippen molar-refractivity contribution in [3.63, 3.8) is 0 Å². The summed E-state index contributed by atoms with van der Waals surface area (Å²) in [4.78, 5) is 0. The molecule has 0 aromatic heterocycles. The maximum atomic E-state index is 4.21. The monoisotopic (exact) mass is 288 g/mol. The first kappa shape index (κ1) is 11.9. The quantitative estimate of drug-likeness (QED) is 0.664. The van der Waals surface area contributed by atoms with Gasteiger partial charge in [0.2, 0.25) is 0 Å². The lowest BCUT2D eigenvalue weighted by Gasteiger charge is -2.03. The minimum atomic E-state index is 1.03. The molecule has 0 aliphatic rings. The molecule has 0 saturated carbocycles. The molecule has 0 heterocycles. The van der Waals surface area contributed by atoms with Gasteiger partial charge < -0.3 is 0 Å². The smallest absolute Gasteiger partial charge is 0.0590 e. The number of rotatable bonds is 3. The summed E-state index contributed by atoms with van der Waals surface area (Å²) < 4.78 is 1.07. The molecule has 0 fully saturated rings. The van der Waals surface area contributed by atoms with Gasteiger partial charge in [-0.3, -0.25) is 5.43 Å². The average molecular weight is 289 g/mol. The van der Waals surface area contributed by atoms with Crippen LogP contribution in [0.3, 0.4) is 0 Å². The van der Waals surface area contributed by atoms with E-state index < -0.39 is 0 Å². The Labute approximate surface area is 110 Å². The van der Waals surface area contributed by atoms with Crippen molar-refractivity contribution in [1.29, 1.82) is 0 Å². The highest BCUT2D eigenvalue weighted by Crippen LogP contribution is 2.13. The third-order valence-corrected chi connectivity index (χ3v) is 2.94. The van der Waals surface area contributed by atoms with E-state index in [1.54, 1.807) is 6.21 Å². The van der Waals surface area contributed by atoms with E-state index in [2.05, 4.69) is 39.4 Å². The van der Waals surface area contributed by atoms with Crippen LogP contribution in [0.4, 0.5) is 5.69 Å². The third-order valence-electron chi connectivity index (χ3n) is 2.41. The molecule has 3 heteroatoms. The first-order valence-electron chi connectivity index (χ1n) is 5.36. The van der Waals surface area contributed by atoms with Crippen molar-refractivity contribution >= 4 is 27.8 Å². The maximum absolute atomic E-state index is 4.21. The number of benzene rings is 2. The lowest BCUT2D eigenvalue weighted by atomic mass is 10.2. The van der Waals surface area contributed by atoms with Crippen LogP contribution >= 0.6 is 15.9 Å². The van der Waals surface area contributed by atoms with Gasteiger partial charge in [-0.2, -0.15) is 5.10 Å². The largest absolute Gasteiger partial charge is 0.278 e. The van der Waals surface area contributed by atoms with Gasteiger partial charge in [0.25, 0.3) is 0 Å². The highest BCUT2D eigenvalue weighted by atomic mass is 79.9. The van der Waals surface area contributed by atoms with Crippen LogP contribution in [0.1, 0.15) is 11.1 Å². The maximum Gasteiger partial charge on any atom is 0.0590 e. The number of hydrogen-bond acceptors (Lipinski definition) is 2. The van der Waals surface area contributed by atoms with Crippen LogP contribution in [0.25, 0.3) is 0 Å². The summed E-state index contributed by atoms with van der Waals surface area (Å²) in [5, 5.41) is 4.21. The molecule has 0 radical (unpaired) electrons. The van der Waals surface area contributed by atoms with E-state index in [-0.39, 0.29) is 0 Å². The molecule has 0 atom stereocenters. The first-order chi connectivity index (χ1) is 8.25. The van der Waals surface area contributed by atoms with Crippen molar-refractivity contribution in [3.05, 3.63) is 64.1 Å². The van der Waals surface area contributed by atoms with E-state index in [0.29, 0.717) is 0 Å². The summed E-state index contributed by atoms with van der Waals surface area (Å²) in [5.74, 6) is 0. The van der Waals surface area contributed by atoms with Gasteiger partial charge in [-0.15, -0.1) is 0 Å². The third kappa shape index (κ3) is 3.43. The highest BCUT2D eigenvalue weighted by molar-refractivity contribution is 9.10. The summed E-state index contributed by atoms with van der Waals surface area (Å²) in [7, 11) is 0. The first-order valence-corrected chi connectivity index (χ1v) is 6.15. The Hall–Kier alpha value is -1.61. The van der Waals surface area contributed by atoms with Crippen LogP contribution in [0.5, 0.6) is 0 Å². The summed E-state index contributed by atoms with van der Waals surface area (Å²) in [6.07, 6.45) is 1.80. The molecular weight excluding hydrogens is 276 g/mol. The predicted molar refractivity (Wildman–Crippen MR) is 76.5 cm³/mol. The molecule has 0 aliphatic heterocycles. The number of anilines is 1. The van der Waals surface area contributed by atoms with Crippen LogP contribution in [0.2, 0.25) is 0 Å².